The van der Waals surface area contributed by atoms with E-state index in [-0.39, 0.29) is 6.10 Å². The lowest BCUT2D eigenvalue weighted by molar-refractivity contribution is 0.185. The fourth-order valence-electron chi connectivity index (χ4n) is 1.19. The molecule has 1 N–H and O–H groups in total. The Hall–Kier alpha value is -1.28. The molecule has 0 heterocycles. The molecule has 15 heavy (non-hydrogen) atoms. The van der Waals surface area contributed by atoms with Gasteiger partial charge in [0.25, 0.3) is 0 Å². The summed E-state index contributed by atoms with van der Waals surface area (Å²) >= 11 is 0. The Morgan fingerprint density at radius 1 is 1.33 bits per heavy atom. The molecule has 0 aliphatic heterocycles. The van der Waals surface area contributed by atoms with Crippen molar-refractivity contribution in [1.82, 2.24) is 0 Å². The van der Waals surface area contributed by atoms with Gasteiger partial charge in [-0.2, -0.15) is 0 Å². The topological polar surface area (TPSA) is 29.5 Å². The van der Waals surface area contributed by atoms with E-state index in [0.717, 1.165) is 18.4 Å². The molecule has 2 nitrogen and oxygen atoms in total. The van der Waals surface area contributed by atoms with Gasteiger partial charge in [0, 0.05) is 0 Å². The molecule has 1 atom stereocenters. The maximum atomic E-state index is 9.01. The van der Waals surface area contributed by atoms with E-state index < -0.39 is 0 Å². The van der Waals surface area contributed by atoms with Gasteiger partial charge in [0.1, 0.15) is 6.61 Å². The fourth-order valence-corrected chi connectivity index (χ4v) is 1.19. The number of rotatable bonds is 6. The Morgan fingerprint density at radius 3 is 2.73 bits per heavy atom. The van der Waals surface area contributed by atoms with Crippen LogP contribution in [-0.4, -0.2) is 11.2 Å². The van der Waals surface area contributed by atoms with Gasteiger partial charge in [-0.25, -0.2) is 0 Å². The minimum Gasteiger partial charge on any atom is -0.497 e. The van der Waals surface area contributed by atoms with Crippen molar-refractivity contribution in [3.05, 3.63) is 48.2 Å². The average Bonchev–Trinajstić information content (AvgIpc) is 2.24. The zero-order chi connectivity index (χ0) is 10.9. The molecular weight excluding hydrogens is 188 g/mol. The van der Waals surface area contributed by atoms with Crippen molar-refractivity contribution in [3.8, 4) is 0 Å². The summed E-state index contributed by atoms with van der Waals surface area (Å²) in [5.74, 6) is 0. The fraction of sp³-hybridized carbons (Fsp3) is 0.385. The van der Waals surface area contributed by atoms with E-state index in [1.807, 2.05) is 36.4 Å². The summed E-state index contributed by atoms with van der Waals surface area (Å²) in [5, 5.41) is 9.01. The quantitative estimate of drug-likeness (QED) is 0.725. The van der Waals surface area contributed by atoms with Crippen molar-refractivity contribution in [2.45, 2.75) is 32.5 Å². The summed E-state index contributed by atoms with van der Waals surface area (Å²) in [6, 6.07) is 10.0. The van der Waals surface area contributed by atoms with Crippen LogP contribution >= 0.6 is 0 Å². The Balaban J connectivity index is 2.11. The number of allylic oxidation sites excluding steroid dienone is 1. The van der Waals surface area contributed by atoms with E-state index >= 15 is 0 Å². The van der Waals surface area contributed by atoms with Gasteiger partial charge in [-0.15, -0.1) is 0 Å². The van der Waals surface area contributed by atoms with E-state index in [9.17, 15) is 0 Å². The molecule has 2 heteroatoms. The Morgan fingerprint density at radius 2 is 2.07 bits per heavy atom. The van der Waals surface area contributed by atoms with Crippen LogP contribution in [0.15, 0.2) is 42.7 Å². The van der Waals surface area contributed by atoms with Crippen LogP contribution in [-0.2, 0) is 11.3 Å². The van der Waals surface area contributed by atoms with E-state index in [2.05, 4.69) is 0 Å². The summed E-state index contributed by atoms with van der Waals surface area (Å²) < 4.78 is 5.34. The number of aliphatic hydroxyl groups excluding tert-OH is 1. The zero-order valence-electron chi connectivity index (χ0n) is 9.10. The summed E-state index contributed by atoms with van der Waals surface area (Å²) in [7, 11) is 0. The standard InChI is InChI=1S/C13H18O2/c1-12(14)7-5-6-10-15-11-13-8-3-2-4-9-13/h2-4,6,8-10,12,14H,5,7,11H2,1H3. The van der Waals surface area contributed by atoms with Gasteiger partial charge in [0.15, 0.2) is 0 Å². The number of hydrogen-bond donors (Lipinski definition) is 1. The second kappa shape index (κ2) is 7.07. The molecule has 0 aromatic heterocycles. The van der Waals surface area contributed by atoms with Gasteiger partial charge < -0.3 is 9.84 Å². The SMILES string of the molecule is CC(O)CCC=COCc1ccccc1. The Bertz CT molecular complexity index is 278. The van der Waals surface area contributed by atoms with Gasteiger partial charge in [-0.05, 0) is 31.4 Å². The average molecular weight is 206 g/mol. The summed E-state index contributed by atoms with van der Waals surface area (Å²) in [6.07, 6.45) is 5.05. The predicted molar refractivity (Wildman–Crippen MR) is 61.3 cm³/mol. The van der Waals surface area contributed by atoms with Crippen molar-refractivity contribution >= 4 is 0 Å². The number of aliphatic hydroxyl groups is 1. The van der Waals surface area contributed by atoms with Crippen LogP contribution in [0, 0.1) is 0 Å². The molecule has 1 aromatic carbocycles. The van der Waals surface area contributed by atoms with Crippen LogP contribution in [0.5, 0.6) is 0 Å². The first-order valence-corrected chi connectivity index (χ1v) is 5.27. The summed E-state index contributed by atoms with van der Waals surface area (Å²) in [5.41, 5.74) is 1.16. The molecular formula is C13H18O2. The molecule has 0 saturated carbocycles. The third kappa shape index (κ3) is 5.92. The van der Waals surface area contributed by atoms with Crippen LogP contribution in [0.25, 0.3) is 0 Å². The normalized spacial score (nSPS) is 12.9. The van der Waals surface area contributed by atoms with E-state index in [1.165, 1.54) is 0 Å². The van der Waals surface area contributed by atoms with Gasteiger partial charge in [-0.3, -0.25) is 0 Å². The molecule has 0 saturated heterocycles. The molecule has 0 aliphatic rings. The van der Waals surface area contributed by atoms with Gasteiger partial charge in [-0.1, -0.05) is 30.3 Å². The van der Waals surface area contributed by atoms with E-state index in [0.29, 0.717) is 6.61 Å². The van der Waals surface area contributed by atoms with Gasteiger partial charge in [0.2, 0.25) is 0 Å². The maximum Gasteiger partial charge on any atom is 0.112 e. The number of ether oxygens (including phenoxy) is 1. The lowest BCUT2D eigenvalue weighted by Gasteiger charge is -2.01. The summed E-state index contributed by atoms with van der Waals surface area (Å²) in [4.78, 5) is 0. The minimum absolute atomic E-state index is 0.233. The highest BCUT2D eigenvalue weighted by atomic mass is 16.5. The molecule has 0 aliphatic carbocycles. The lowest BCUT2D eigenvalue weighted by Crippen LogP contribution is -1.96. The first-order valence-electron chi connectivity index (χ1n) is 5.27. The lowest BCUT2D eigenvalue weighted by atomic mass is 10.2. The maximum absolute atomic E-state index is 9.01. The van der Waals surface area contributed by atoms with Crippen molar-refractivity contribution < 1.29 is 9.84 Å². The molecule has 0 radical (unpaired) electrons. The van der Waals surface area contributed by atoms with Crippen molar-refractivity contribution in [2.24, 2.45) is 0 Å². The largest absolute Gasteiger partial charge is 0.497 e. The monoisotopic (exact) mass is 206 g/mol. The van der Waals surface area contributed by atoms with Crippen LogP contribution in [0.2, 0.25) is 0 Å². The minimum atomic E-state index is -0.233. The van der Waals surface area contributed by atoms with Crippen molar-refractivity contribution in [2.75, 3.05) is 0 Å². The molecule has 82 valence electrons. The Labute approximate surface area is 91.2 Å². The summed E-state index contributed by atoms with van der Waals surface area (Å²) in [6.45, 7) is 2.39. The highest BCUT2D eigenvalue weighted by Gasteiger charge is 1.91. The second-order valence-electron chi connectivity index (χ2n) is 3.59. The highest BCUT2D eigenvalue weighted by Crippen LogP contribution is 2.01. The van der Waals surface area contributed by atoms with Crippen molar-refractivity contribution in [3.63, 3.8) is 0 Å². The number of hydrogen-bond acceptors (Lipinski definition) is 2. The van der Waals surface area contributed by atoms with Crippen molar-refractivity contribution in [1.29, 1.82) is 0 Å². The van der Waals surface area contributed by atoms with E-state index in [4.69, 9.17) is 9.84 Å². The second-order valence-corrected chi connectivity index (χ2v) is 3.59. The van der Waals surface area contributed by atoms with Crippen LogP contribution < -0.4 is 0 Å². The molecule has 0 spiro atoms. The molecule has 0 bridgehead atoms. The number of benzene rings is 1. The zero-order valence-corrected chi connectivity index (χ0v) is 9.10. The molecule has 1 unspecified atom stereocenters. The van der Waals surface area contributed by atoms with Gasteiger partial charge in [0.05, 0.1) is 12.4 Å². The van der Waals surface area contributed by atoms with Crippen LogP contribution in [0.1, 0.15) is 25.3 Å². The molecule has 1 aromatic rings. The predicted octanol–water partition coefficient (Wildman–Crippen LogP) is 2.88. The molecule has 0 amide bonds. The first kappa shape index (κ1) is 11.8. The van der Waals surface area contributed by atoms with Crippen LogP contribution in [0.4, 0.5) is 0 Å². The third-order valence-corrected chi connectivity index (χ3v) is 2.04. The molecule has 1 rings (SSSR count). The smallest absolute Gasteiger partial charge is 0.112 e. The molecule has 0 fully saturated rings. The third-order valence-electron chi connectivity index (χ3n) is 2.04. The van der Waals surface area contributed by atoms with Gasteiger partial charge >= 0.3 is 0 Å². The van der Waals surface area contributed by atoms with Crippen LogP contribution in [0.3, 0.4) is 0 Å². The highest BCUT2D eigenvalue weighted by molar-refractivity contribution is 5.13. The first-order chi connectivity index (χ1) is 7.29. The van der Waals surface area contributed by atoms with E-state index in [1.54, 1.807) is 13.2 Å². The Kier molecular flexibility index (Phi) is 5.56.